The Morgan fingerprint density at radius 1 is 0.943 bits per heavy atom. The van der Waals surface area contributed by atoms with Crippen LogP contribution in [-0.2, 0) is 10.0 Å². The van der Waals surface area contributed by atoms with E-state index in [1.54, 1.807) is 60.8 Å². The van der Waals surface area contributed by atoms with Crippen molar-refractivity contribution < 1.29 is 8.42 Å². The molecular formula is C26H24ClN5O2S. The summed E-state index contributed by atoms with van der Waals surface area (Å²) in [7, 11) is -3.83. The summed E-state index contributed by atoms with van der Waals surface area (Å²) < 4.78 is 28.0. The minimum absolute atomic E-state index is 0.190. The van der Waals surface area contributed by atoms with Crippen molar-refractivity contribution in [2.45, 2.75) is 18.7 Å². The van der Waals surface area contributed by atoms with Crippen LogP contribution in [-0.4, -0.2) is 22.4 Å². The van der Waals surface area contributed by atoms with Crippen LogP contribution in [0.25, 0.3) is 22.2 Å². The molecule has 3 aromatic carbocycles. The number of anilines is 3. The summed E-state index contributed by atoms with van der Waals surface area (Å²) in [6.07, 6.45) is 3.03. The summed E-state index contributed by atoms with van der Waals surface area (Å²) in [5.41, 5.74) is 8.68. The summed E-state index contributed by atoms with van der Waals surface area (Å²) in [6.45, 7) is 4.00. The van der Waals surface area contributed by atoms with Crippen LogP contribution in [0.3, 0.4) is 0 Å². The molecule has 0 spiro atoms. The lowest BCUT2D eigenvalue weighted by molar-refractivity contribution is 0.589. The molecule has 5 aromatic rings. The number of nitrogens with one attached hydrogen (secondary N) is 1. The number of aromatic nitrogens is 3. The molecule has 0 atom stereocenters. The van der Waals surface area contributed by atoms with Gasteiger partial charge in [-0.1, -0.05) is 67.9 Å². The molecule has 5 rings (SSSR count). The van der Waals surface area contributed by atoms with Crippen molar-refractivity contribution in [3.05, 3.63) is 96.3 Å². The minimum Gasteiger partial charge on any atom is -0.399 e. The molecule has 0 bridgehead atoms. The van der Waals surface area contributed by atoms with Crippen molar-refractivity contribution in [2.24, 2.45) is 0 Å². The van der Waals surface area contributed by atoms with Crippen molar-refractivity contribution in [3.8, 4) is 11.3 Å². The number of nitrogens with zero attached hydrogens (tertiary/aromatic N) is 3. The van der Waals surface area contributed by atoms with Gasteiger partial charge in [0.2, 0.25) is 5.95 Å². The number of halogens is 1. The van der Waals surface area contributed by atoms with Gasteiger partial charge in [0.1, 0.15) is 0 Å². The van der Waals surface area contributed by atoms with Crippen molar-refractivity contribution in [1.29, 1.82) is 0 Å². The predicted molar refractivity (Wildman–Crippen MR) is 142 cm³/mol. The van der Waals surface area contributed by atoms with Crippen LogP contribution in [0.15, 0.2) is 96.2 Å². The normalized spacial score (nSPS) is 11.1. The average molecular weight is 506 g/mol. The van der Waals surface area contributed by atoms with E-state index < -0.39 is 10.0 Å². The number of nitrogens with two attached hydrogens (primary N) is 1. The first-order chi connectivity index (χ1) is 16.9. The number of fused-ring (bicyclic) bond motifs is 1. The number of hydrogen-bond acceptors (Lipinski definition) is 6. The van der Waals surface area contributed by atoms with Gasteiger partial charge in [-0.25, -0.2) is 22.4 Å². The van der Waals surface area contributed by atoms with E-state index in [9.17, 15) is 8.42 Å². The second-order valence-corrected chi connectivity index (χ2v) is 9.54. The fraction of sp³-hybridized carbons (Fsp3) is 0.0769. The summed E-state index contributed by atoms with van der Waals surface area (Å²) in [5.74, 6) is 0.308. The monoisotopic (exact) mass is 505 g/mol. The van der Waals surface area contributed by atoms with Gasteiger partial charge in [-0.3, -0.25) is 0 Å². The summed E-state index contributed by atoms with van der Waals surface area (Å²) in [6, 6.07) is 22.7. The van der Waals surface area contributed by atoms with Gasteiger partial charge in [-0.05, 0) is 36.4 Å². The molecular weight excluding hydrogens is 482 g/mol. The highest BCUT2D eigenvalue weighted by molar-refractivity contribution is 7.90. The molecule has 2 aromatic heterocycles. The van der Waals surface area contributed by atoms with Crippen LogP contribution in [0.2, 0.25) is 5.02 Å². The minimum atomic E-state index is -3.83. The number of para-hydroxylation sites is 1. The highest BCUT2D eigenvalue weighted by Crippen LogP contribution is 2.36. The molecule has 0 aliphatic rings. The highest BCUT2D eigenvalue weighted by atomic mass is 35.5. The largest absolute Gasteiger partial charge is 0.399 e. The predicted octanol–water partition coefficient (Wildman–Crippen LogP) is 6.34. The van der Waals surface area contributed by atoms with Crippen molar-refractivity contribution >= 4 is 49.9 Å². The van der Waals surface area contributed by atoms with E-state index in [0.29, 0.717) is 38.8 Å². The third-order valence-electron chi connectivity index (χ3n) is 5.12. The van der Waals surface area contributed by atoms with Gasteiger partial charge in [-0.15, -0.1) is 0 Å². The van der Waals surface area contributed by atoms with Gasteiger partial charge in [0.25, 0.3) is 10.0 Å². The second kappa shape index (κ2) is 10.2. The van der Waals surface area contributed by atoms with Gasteiger partial charge in [0, 0.05) is 28.5 Å². The highest BCUT2D eigenvalue weighted by Gasteiger charge is 2.23. The van der Waals surface area contributed by atoms with E-state index in [-0.39, 0.29) is 4.90 Å². The first kappa shape index (κ1) is 24.3. The van der Waals surface area contributed by atoms with Crippen LogP contribution in [0, 0.1) is 0 Å². The number of hydrogen-bond donors (Lipinski definition) is 2. The Labute approximate surface area is 209 Å². The SMILES string of the molecule is CC.Nc1cccc(Nc2ncc(Cl)c(-c3cn(S(=O)(=O)c4ccccc4)c4ccccc34)n2)c1. The van der Waals surface area contributed by atoms with Crippen molar-refractivity contribution in [2.75, 3.05) is 11.1 Å². The van der Waals surface area contributed by atoms with Gasteiger partial charge >= 0.3 is 0 Å². The zero-order chi connectivity index (χ0) is 25.0. The molecule has 0 saturated carbocycles. The third kappa shape index (κ3) is 4.84. The molecule has 0 amide bonds. The van der Waals surface area contributed by atoms with E-state index in [4.69, 9.17) is 17.3 Å². The Kier molecular flexibility index (Phi) is 7.04. The zero-order valence-corrected chi connectivity index (χ0v) is 20.8. The molecule has 0 fully saturated rings. The van der Waals surface area contributed by atoms with Crippen molar-refractivity contribution in [3.63, 3.8) is 0 Å². The van der Waals surface area contributed by atoms with E-state index >= 15 is 0 Å². The summed E-state index contributed by atoms with van der Waals surface area (Å²) >= 11 is 6.47. The van der Waals surface area contributed by atoms with Crippen LogP contribution in [0.5, 0.6) is 0 Å². The Balaban J connectivity index is 0.00000141. The third-order valence-corrected chi connectivity index (χ3v) is 7.08. The molecule has 35 heavy (non-hydrogen) atoms. The molecule has 9 heteroatoms. The lowest BCUT2D eigenvalue weighted by Crippen LogP contribution is -2.11. The molecule has 0 aliphatic heterocycles. The topological polar surface area (TPSA) is 103 Å². The molecule has 2 heterocycles. The van der Waals surface area contributed by atoms with Crippen LogP contribution < -0.4 is 11.1 Å². The molecule has 0 saturated heterocycles. The number of nitrogen functional groups attached to an aromatic ring is 1. The lowest BCUT2D eigenvalue weighted by Gasteiger charge is -2.08. The molecule has 178 valence electrons. The van der Waals surface area contributed by atoms with Crippen molar-refractivity contribution in [1.82, 2.24) is 13.9 Å². The summed E-state index contributed by atoms with van der Waals surface area (Å²) in [4.78, 5) is 9.03. The Bertz CT molecular complexity index is 1580. The molecule has 0 radical (unpaired) electrons. The molecule has 3 N–H and O–H groups in total. The maximum absolute atomic E-state index is 13.4. The maximum Gasteiger partial charge on any atom is 0.268 e. The molecule has 0 unspecified atom stereocenters. The first-order valence-electron chi connectivity index (χ1n) is 11.0. The van der Waals surface area contributed by atoms with E-state index in [2.05, 4.69) is 15.3 Å². The molecule has 0 aliphatic carbocycles. The Hall–Kier alpha value is -3.88. The van der Waals surface area contributed by atoms with Gasteiger partial charge in [0.05, 0.1) is 27.3 Å². The number of rotatable bonds is 5. The Morgan fingerprint density at radius 3 is 2.40 bits per heavy atom. The average Bonchev–Trinajstić information content (AvgIpc) is 3.27. The van der Waals surface area contributed by atoms with Gasteiger partial charge in [-0.2, -0.15) is 0 Å². The van der Waals surface area contributed by atoms with Gasteiger partial charge < -0.3 is 11.1 Å². The van der Waals surface area contributed by atoms with E-state index in [0.717, 1.165) is 5.69 Å². The maximum atomic E-state index is 13.4. The zero-order valence-electron chi connectivity index (χ0n) is 19.2. The van der Waals surface area contributed by atoms with E-state index in [1.165, 1.54) is 10.2 Å². The Morgan fingerprint density at radius 2 is 1.66 bits per heavy atom. The quantitative estimate of drug-likeness (QED) is 0.270. The summed E-state index contributed by atoms with van der Waals surface area (Å²) in [5, 5.41) is 4.11. The van der Waals surface area contributed by atoms with Crippen LogP contribution in [0.4, 0.5) is 17.3 Å². The van der Waals surface area contributed by atoms with E-state index in [1.807, 2.05) is 38.1 Å². The lowest BCUT2D eigenvalue weighted by atomic mass is 10.1. The first-order valence-corrected chi connectivity index (χ1v) is 12.8. The molecule has 7 nitrogen and oxygen atoms in total. The fourth-order valence-electron chi connectivity index (χ4n) is 3.61. The second-order valence-electron chi connectivity index (χ2n) is 7.31. The number of benzene rings is 3. The van der Waals surface area contributed by atoms with Crippen LogP contribution in [0.1, 0.15) is 13.8 Å². The standard InChI is InChI=1S/C24H18ClN5O2S.C2H6/c25-21-14-27-24(28-17-8-6-7-16(26)13-17)29-23(21)20-15-30(22-12-5-4-11-19(20)22)33(31,32)18-9-2-1-3-10-18;1-2/h1-15H,26H2,(H,27,28,29);1-2H3. The van der Waals surface area contributed by atoms with Crippen LogP contribution >= 0.6 is 11.6 Å². The smallest absolute Gasteiger partial charge is 0.268 e. The fourth-order valence-corrected chi connectivity index (χ4v) is 5.19. The van der Waals surface area contributed by atoms with Gasteiger partial charge in [0.15, 0.2) is 0 Å².